The third-order valence-electron chi connectivity index (χ3n) is 13.9. The third kappa shape index (κ3) is 7.01. The summed E-state index contributed by atoms with van der Waals surface area (Å²) in [6.07, 6.45) is 8.43. The molecule has 11 aromatic carbocycles. The molecule has 0 saturated heterocycles. The summed E-state index contributed by atoms with van der Waals surface area (Å²) in [5, 5.41) is 3.43. The molecule has 0 fully saturated rings. The van der Waals surface area contributed by atoms with Gasteiger partial charge in [0, 0.05) is 17.1 Å². The number of allylic oxidation sites excluding steroid dienone is 4. The van der Waals surface area contributed by atoms with Gasteiger partial charge in [0.1, 0.15) is 0 Å². The van der Waals surface area contributed by atoms with E-state index in [1.54, 1.807) is 12.1 Å². The Labute approximate surface area is 424 Å². The summed E-state index contributed by atoms with van der Waals surface area (Å²) in [7, 11) is 0. The Bertz CT molecular complexity index is 4320. The molecule has 0 bridgehead atoms. The van der Waals surface area contributed by atoms with E-state index in [-0.39, 0.29) is 46.7 Å². The number of anilines is 3. The number of nitrogens with zero attached hydrogens (tertiary/aromatic N) is 1. The highest BCUT2D eigenvalue weighted by Crippen LogP contribution is 2.57. The molecule has 0 aromatic heterocycles. The standard InChI is InChI=1S/C69H49N/c1-4-16-48(17-5-1)49-28-30-50(31-29-49)52-36-40-58(41-37-52)70(60-44-45-65-64-26-14-15-27-67(64)69(68(65)47-60,56-19-6-2-7-20-56)57-21-8-3-9-22-57)59-42-38-53(39-43-59)51-32-34-54(35-33-51)66-46-55-18-10-11-23-61(55)62-24-12-13-25-63(62)66/h2-4,6-47H,1,5H2/i32D,33D,34D,35D,36D,38D,39D,41D,42D,43D. The molecule has 2 aliphatic rings. The molecule has 1 heteroatoms. The quantitative estimate of drug-likeness (QED) is 0.131. The molecule has 2 aliphatic carbocycles. The van der Waals surface area contributed by atoms with Gasteiger partial charge >= 0.3 is 0 Å². The Balaban J connectivity index is 1.03. The molecular formula is C69H49N. The molecule has 0 N–H and O–H groups in total. The molecule has 0 aliphatic heterocycles. The van der Waals surface area contributed by atoms with Gasteiger partial charge in [-0.15, -0.1) is 0 Å². The molecule has 330 valence electrons. The fraction of sp³-hybridized carbons (Fsp3) is 0.0435. The van der Waals surface area contributed by atoms with E-state index in [0.717, 1.165) is 84.5 Å². The third-order valence-corrected chi connectivity index (χ3v) is 13.9. The Morgan fingerprint density at radius 2 is 0.971 bits per heavy atom. The van der Waals surface area contributed by atoms with Crippen molar-refractivity contribution in [2.24, 2.45) is 0 Å². The number of rotatable bonds is 9. The van der Waals surface area contributed by atoms with Gasteiger partial charge in [-0.05, 0) is 155 Å². The minimum Gasteiger partial charge on any atom is -0.310 e. The van der Waals surface area contributed by atoms with Crippen LogP contribution < -0.4 is 4.90 Å². The largest absolute Gasteiger partial charge is 0.310 e. The van der Waals surface area contributed by atoms with Gasteiger partial charge in [0.05, 0.1) is 19.1 Å². The zero-order valence-electron chi connectivity index (χ0n) is 48.1. The number of hydrogen-bond acceptors (Lipinski definition) is 1. The molecule has 0 unspecified atom stereocenters. The Kier molecular flexibility index (Phi) is 7.96. The van der Waals surface area contributed by atoms with Gasteiger partial charge in [-0.1, -0.05) is 230 Å². The number of hydrogen-bond donors (Lipinski definition) is 0. The van der Waals surface area contributed by atoms with E-state index < -0.39 is 47.2 Å². The van der Waals surface area contributed by atoms with Gasteiger partial charge in [-0.2, -0.15) is 0 Å². The molecule has 0 amide bonds. The first kappa shape index (κ1) is 32.1. The van der Waals surface area contributed by atoms with E-state index in [9.17, 15) is 13.7 Å². The maximum atomic E-state index is 9.99. The Morgan fingerprint density at radius 3 is 1.70 bits per heavy atom. The minimum atomic E-state index is -0.874. The second kappa shape index (κ2) is 17.4. The SMILES string of the molecule is [2H]c1cc(N(c2ccc3c(c2)C(c2ccccc2)(c2ccccc2)c2ccccc2-3)c2c([2H])c([2H])c(-c3c([2H])c([2H])c(-c4cc5ccccc5c5ccccc45)c([2H])c3[2H])c([2H])c2[2H])c([2H])cc1-c1ccc(C2=CCCC=C2)cc1. The molecule has 0 spiro atoms. The first-order chi connectivity index (χ1) is 38.9. The van der Waals surface area contributed by atoms with Crippen LogP contribution in [-0.4, -0.2) is 0 Å². The summed E-state index contributed by atoms with van der Waals surface area (Å²) in [5.74, 6) is 0. The topological polar surface area (TPSA) is 3.24 Å². The lowest BCUT2D eigenvalue weighted by molar-refractivity contribution is 0.768. The van der Waals surface area contributed by atoms with Crippen molar-refractivity contribution < 1.29 is 13.7 Å². The highest BCUT2D eigenvalue weighted by Gasteiger charge is 2.46. The van der Waals surface area contributed by atoms with Gasteiger partial charge in [0.2, 0.25) is 0 Å². The zero-order chi connectivity index (χ0) is 55.1. The van der Waals surface area contributed by atoms with E-state index in [0.29, 0.717) is 16.8 Å². The first-order valence-electron chi connectivity index (χ1n) is 28.7. The maximum absolute atomic E-state index is 9.99. The molecule has 13 rings (SSSR count). The first-order valence-corrected chi connectivity index (χ1v) is 23.7. The van der Waals surface area contributed by atoms with Crippen molar-refractivity contribution in [3.63, 3.8) is 0 Å². The lowest BCUT2D eigenvalue weighted by Crippen LogP contribution is -2.28. The van der Waals surface area contributed by atoms with Crippen molar-refractivity contribution in [1.29, 1.82) is 0 Å². The van der Waals surface area contributed by atoms with Crippen LogP contribution in [0.5, 0.6) is 0 Å². The average molecular weight is 902 g/mol. The van der Waals surface area contributed by atoms with E-state index in [1.807, 2.05) is 146 Å². The number of benzene rings is 11. The monoisotopic (exact) mass is 901 g/mol. The van der Waals surface area contributed by atoms with E-state index in [1.165, 1.54) is 4.90 Å². The van der Waals surface area contributed by atoms with Crippen molar-refractivity contribution >= 4 is 44.2 Å². The predicted molar refractivity (Wildman–Crippen MR) is 296 cm³/mol. The van der Waals surface area contributed by atoms with Gasteiger partial charge in [0.15, 0.2) is 0 Å². The van der Waals surface area contributed by atoms with Crippen LogP contribution in [0, 0.1) is 0 Å². The molecule has 0 heterocycles. The summed E-state index contributed by atoms with van der Waals surface area (Å²) in [5.41, 5.74) is 8.48. The minimum absolute atomic E-state index is 0.0449. The average Bonchev–Trinajstić information content (AvgIpc) is 3.97. The van der Waals surface area contributed by atoms with E-state index >= 15 is 0 Å². The zero-order valence-corrected chi connectivity index (χ0v) is 38.1. The summed E-state index contributed by atoms with van der Waals surface area (Å²) in [6, 6.07) is 58.8. The van der Waals surface area contributed by atoms with Crippen molar-refractivity contribution in [3.8, 4) is 44.5 Å². The molecule has 0 radical (unpaired) electrons. The van der Waals surface area contributed by atoms with Crippen LogP contribution in [0.1, 0.15) is 54.4 Å². The Morgan fingerprint density at radius 1 is 0.357 bits per heavy atom. The summed E-state index contributed by atoms with van der Waals surface area (Å²) >= 11 is 0. The lowest BCUT2D eigenvalue weighted by atomic mass is 9.67. The van der Waals surface area contributed by atoms with Gasteiger partial charge < -0.3 is 4.90 Å². The normalized spacial score (nSPS) is 15.5. The van der Waals surface area contributed by atoms with Crippen molar-refractivity contribution in [2.45, 2.75) is 18.3 Å². The van der Waals surface area contributed by atoms with Crippen molar-refractivity contribution in [2.75, 3.05) is 4.90 Å². The molecule has 11 aromatic rings. The van der Waals surface area contributed by atoms with Gasteiger partial charge in [-0.25, -0.2) is 0 Å². The smallest absolute Gasteiger partial charge is 0.0714 e. The van der Waals surface area contributed by atoms with Gasteiger partial charge in [-0.3, -0.25) is 0 Å². The lowest BCUT2D eigenvalue weighted by Gasteiger charge is -2.35. The number of fused-ring (bicyclic) bond motifs is 6. The fourth-order valence-electron chi connectivity index (χ4n) is 10.7. The molecule has 1 nitrogen and oxygen atoms in total. The predicted octanol–water partition coefficient (Wildman–Crippen LogP) is 18.6. The fourth-order valence-corrected chi connectivity index (χ4v) is 10.7. The van der Waals surface area contributed by atoms with Gasteiger partial charge in [0.25, 0.3) is 0 Å². The van der Waals surface area contributed by atoms with E-state index in [4.69, 9.17) is 0 Å². The van der Waals surface area contributed by atoms with Crippen LogP contribution >= 0.6 is 0 Å². The van der Waals surface area contributed by atoms with Crippen LogP contribution in [0.4, 0.5) is 17.1 Å². The van der Waals surface area contributed by atoms with Crippen LogP contribution in [0.2, 0.25) is 0 Å². The van der Waals surface area contributed by atoms with Crippen LogP contribution in [0.25, 0.3) is 71.6 Å². The summed E-state index contributed by atoms with van der Waals surface area (Å²) in [6.45, 7) is 0. The Hall–Kier alpha value is -8.78. The highest BCUT2D eigenvalue weighted by atomic mass is 15.1. The second-order valence-electron chi connectivity index (χ2n) is 17.9. The molecular weight excluding hydrogens is 843 g/mol. The second-order valence-corrected chi connectivity index (χ2v) is 17.9. The van der Waals surface area contributed by atoms with E-state index in [2.05, 4.69) is 54.6 Å². The van der Waals surface area contributed by atoms with Crippen LogP contribution in [0.3, 0.4) is 0 Å². The molecule has 70 heavy (non-hydrogen) atoms. The maximum Gasteiger partial charge on any atom is 0.0714 e. The van der Waals surface area contributed by atoms with Crippen LogP contribution in [-0.2, 0) is 5.41 Å². The van der Waals surface area contributed by atoms with Crippen LogP contribution in [0.15, 0.2) is 273 Å². The molecule has 0 saturated carbocycles. The summed E-state index contributed by atoms with van der Waals surface area (Å²) < 4.78 is 97.2. The highest BCUT2D eigenvalue weighted by molar-refractivity contribution is 6.13. The van der Waals surface area contributed by atoms with Crippen molar-refractivity contribution in [3.05, 3.63) is 301 Å². The van der Waals surface area contributed by atoms with Crippen molar-refractivity contribution in [1.82, 2.24) is 0 Å². The molecule has 0 atom stereocenters. The summed E-state index contributed by atoms with van der Waals surface area (Å²) in [4.78, 5) is 1.53.